The number of halogens is 8. The van der Waals surface area contributed by atoms with Crippen molar-refractivity contribution in [1.29, 1.82) is 0 Å². The Morgan fingerprint density at radius 3 is 1.97 bits per heavy atom. The number of benzene rings is 2. The van der Waals surface area contributed by atoms with Gasteiger partial charge in [0, 0.05) is 12.1 Å². The smallest absolute Gasteiger partial charge is 0.432 e. The van der Waals surface area contributed by atoms with Crippen molar-refractivity contribution >= 4 is 0 Å². The summed E-state index contributed by atoms with van der Waals surface area (Å²) in [5.41, 5.74) is -1.45. The summed E-state index contributed by atoms with van der Waals surface area (Å²) in [7, 11) is 0. The average Bonchev–Trinajstić information content (AvgIpc) is 2.72. The van der Waals surface area contributed by atoms with Crippen molar-refractivity contribution < 1.29 is 44.6 Å². The number of alkyl halides is 2. The Balaban J connectivity index is 1.81. The summed E-state index contributed by atoms with van der Waals surface area (Å²) in [6.07, 6.45) is -2.03. The lowest BCUT2D eigenvalue weighted by Crippen LogP contribution is -2.26. The molecular weight excluding hydrogens is 472 g/mol. The van der Waals surface area contributed by atoms with Crippen LogP contribution >= 0.6 is 0 Å². The molecule has 0 heterocycles. The Morgan fingerprint density at radius 2 is 1.47 bits per heavy atom. The summed E-state index contributed by atoms with van der Waals surface area (Å²) in [4.78, 5) is 0. The Kier molecular flexibility index (Phi) is 8.09. The van der Waals surface area contributed by atoms with E-state index in [-0.39, 0.29) is 29.9 Å². The van der Waals surface area contributed by atoms with Gasteiger partial charge in [0.2, 0.25) is 0 Å². The van der Waals surface area contributed by atoms with Crippen molar-refractivity contribution in [2.45, 2.75) is 57.5 Å². The van der Waals surface area contributed by atoms with Gasteiger partial charge in [0.1, 0.15) is 22.9 Å². The normalized spacial score (nSPS) is 18.5. The molecule has 1 fully saturated rings. The van der Waals surface area contributed by atoms with Crippen LogP contribution in [0.25, 0.3) is 0 Å². The average molecular weight is 494 g/mol. The molecule has 34 heavy (non-hydrogen) atoms. The van der Waals surface area contributed by atoms with Crippen molar-refractivity contribution in [2.24, 2.45) is 5.92 Å². The van der Waals surface area contributed by atoms with Crippen molar-refractivity contribution in [2.75, 3.05) is 0 Å². The van der Waals surface area contributed by atoms with Crippen molar-refractivity contribution in [1.82, 2.24) is 0 Å². The van der Waals surface area contributed by atoms with Crippen LogP contribution in [-0.4, -0.2) is 0 Å². The Hall–Kier alpha value is -2.78. The summed E-state index contributed by atoms with van der Waals surface area (Å²) in [5.74, 6) is -8.44. The first-order valence-corrected chi connectivity index (χ1v) is 10.7. The van der Waals surface area contributed by atoms with Gasteiger partial charge in [0.15, 0.2) is 23.6 Å². The highest BCUT2D eigenvalue weighted by molar-refractivity contribution is 5.37. The van der Waals surface area contributed by atoms with E-state index in [1.807, 2.05) is 0 Å². The molecule has 1 saturated carbocycles. The number of hydrogen-bond donors (Lipinski definition) is 0. The Labute approximate surface area is 191 Å². The summed E-state index contributed by atoms with van der Waals surface area (Å²) >= 11 is 0. The second-order valence-electron chi connectivity index (χ2n) is 8.23. The van der Waals surface area contributed by atoms with E-state index in [0.717, 1.165) is 37.8 Å². The molecule has 0 aliphatic heterocycles. The second kappa shape index (κ2) is 10.7. The number of rotatable bonds is 8. The Bertz CT molecular complexity index is 995. The molecule has 1 aliphatic carbocycles. The minimum absolute atomic E-state index is 0.167. The van der Waals surface area contributed by atoms with E-state index >= 15 is 0 Å². The van der Waals surface area contributed by atoms with Gasteiger partial charge in [-0.2, -0.15) is 17.6 Å². The zero-order valence-corrected chi connectivity index (χ0v) is 18.1. The lowest BCUT2D eigenvalue weighted by Gasteiger charge is -2.29. The molecule has 2 aromatic rings. The van der Waals surface area contributed by atoms with Crippen LogP contribution in [0.1, 0.15) is 62.5 Å². The molecule has 0 spiro atoms. The first-order chi connectivity index (χ1) is 16.0. The predicted octanol–water partition coefficient (Wildman–Crippen LogP) is 8.56. The van der Waals surface area contributed by atoms with Gasteiger partial charge in [-0.15, -0.1) is 0 Å². The van der Waals surface area contributed by atoms with Gasteiger partial charge in [0.05, 0.1) is 0 Å². The van der Waals surface area contributed by atoms with Crippen LogP contribution in [0.2, 0.25) is 0 Å². The standard InChI is InChI=1S/C24H22F8O2/c1-2-3-13-4-6-14(7-5-13)15-8-17(25)22(18(26)9-15)24(31,32)34-16-10-19(27)23(20(28)11-16)33-12-21(29)30/h8-14H,2-7H2,1H3. The van der Waals surface area contributed by atoms with Gasteiger partial charge >= 0.3 is 12.2 Å². The first kappa shape index (κ1) is 25.8. The zero-order chi connectivity index (χ0) is 25.0. The third-order valence-corrected chi connectivity index (χ3v) is 5.85. The summed E-state index contributed by atoms with van der Waals surface area (Å²) in [5, 5.41) is 0. The molecule has 0 amide bonds. The molecule has 2 nitrogen and oxygen atoms in total. The van der Waals surface area contributed by atoms with Gasteiger partial charge < -0.3 is 9.47 Å². The lowest BCUT2D eigenvalue weighted by atomic mass is 9.77. The van der Waals surface area contributed by atoms with Gasteiger partial charge in [-0.05, 0) is 55.2 Å². The van der Waals surface area contributed by atoms with Crippen LogP contribution < -0.4 is 9.47 Å². The second-order valence-corrected chi connectivity index (χ2v) is 8.23. The molecule has 1 aliphatic rings. The van der Waals surface area contributed by atoms with Crippen molar-refractivity contribution in [3.63, 3.8) is 0 Å². The molecule has 0 aromatic heterocycles. The molecule has 10 heteroatoms. The molecule has 0 unspecified atom stereocenters. The lowest BCUT2D eigenvalue weighted by molar-refractivity contribution is -0.189. The van der Waals surface area contributed by atoms with Crippen LogP contribution in [0.3, 0.4) is 0 Å². The fraction of sp³-hybridized carbons (Fsp3) is 0.417. The highest BCUT2D eigenvalue weighted by Gasteiger charge is 2.42. The SMILES string of the molecule is CCCC1CCC(c2cc(F)c(C(F)(F)Oc3cc(F)c(OC=C(F)F)c(F)c3)c(F)c2)CC1. The maximum atomic E-state index is 14.6. The molecular formula is C24H22F8O2. The molecule has 0 atom stereocenters. The quantitative estimate of drug-likeness (QED) is 0.270. The maximum Gasteiger partial charge on any atom is 0.432 e. The largest absolute Gasteiger partial charge is 0.453 e. The third-order valence-electron chi connectivity index (χ3n) is 5.85. The molecule has 186 valence electrons. The predicted molar refractivity (Wildman–Crippen MR) is 108 cm³/mol. The fourth-order valence-electron chi connectivity index (χ4n) is 4.31. The topological polar surface area (TPSA) is 18.5 Å². The fourth-order valence-corrected chi connectivity index (χ4v) is 4.31. The molecule has 0 N–H and O–H groups in total. The molecule has 0 saturated heterocycles. The Morgan fingerprint density at radius 1 is 0.912 bits per heavy atom. The maximum absolute atomic E-state index is 14.6. The highest BCUT2D eigenvalue weighted by Crippen LogP contribution is 2.41. The van der Waals surface area contributed by atoms with E-state index in [4.69, 9.17) is 0 Å². The van der Waals surface area contributed by atoms with E-state index in [2.05, 4.69) is 16.4 Å². The van der Waals surface area contributed by atoms with E-state index in [9.17, 15) is 35.1 Å². The van der Waals surface area contributed by atoms with E-state index < -0.39 is 52.5 Å². The van der Waals surface area contributed by atoms with Gasteiger partial charge in [-0.25, -0.2) is 17.6 Å². The molecule has 0 bridgehead atoms. The first-order valence-electron chi connectivity index (χ1n) is 10.7. The minimum atomic E-state index is -4.63. The van der Waals surface area contributed by atoms with E-state index in [0.29, 0.717) is 18.8 Å². The summed E-state index contributed by atoms with van der Waals surface area (Å²) in [6.45, 7) is 2.08. The minimum Gasteiger partial charge on any atom is -0.453 e. The molecule has 3 rings (SSSR count). The van der Waals surface area contributed by atoms with Gasteiger partial charge in [-0.3, -0.25) is 0 Å². The van der Waals surface area contributed by atoms with Gasteiger partial charge in [0.25, 0.3) is 0 Å². The molecule has 0 radical (unpaired) electrons. The van der Waals surface area contributed by atoms with Crippen LogP contribution in [0.15, 0.2) is 36.6 Å². The van der Waals surface area contributed by atoms with Crippen molar-refractivity contribution in [3.8, 4) is 11.5 Å². The number of hydrogen-bond acceptors (Lipinski definition) is 2. The number of ether oxygens (including phenoxy) is 2. The summed E-state index contributed by atoms with van der Waals surface area (Å²) < 4.78 is 119. The van der Waals surface area contributed by atoms with E-state index in [1.54, 1.807) is 0 Å². The van der Waals surface area contributed by atoms with Gasteiger partial charge in [-0.1, -0.05) is 19.8 Å². The van der Waals surface area contributed by atoms with Crippen LogP contribution in [-0.2, 0) is 6.11 Å². The monoisotopic (exact) mass is 494 g/mol. The van der Waals surface area contributed by atoms with Crippen LogP contribution in [0.5, 0.6) is 11.5 Å². The van der Waals surface area contributed by atoms with Crippen LogP contribution in [0, 0.1) is 29.2 Å². The van der Waals surface area contributed by atoms with Crippen molar-refractivity contribution in [3.05, 3.63) is 71.0 Å². The summed E-state index contributed by atoms with van der Waals surface area (Å²) in [6, 6.07) is 2.09. The zero-order valence-electron chi connectivity index (χ0n) is 18.1. The van der Waals surface area contributed by atoms with E-state index in [1.165, 1.54) is 0 Å². The van der Waals surface area contributed by atoms with Crippen LogP contribution in [0.4, 0.5) is 35.1 Å². The molecule has 2 aromatic carbocycles. The third kappa shape index (κ3) is 6.01. The highest BCUT2D eigenvalue weighted by atomic mass is 19.3.